The normalized spacial score (nSPS) is 22.4. The number of piperidine rings is 1. The number of hydrogen-bond acceptors (Lipinski definition) is 1. The van der Waals surface area contributed by atoms with Crippen LogP contribution in [0.15, 0.2) is 0 Å². The Labute approximate surface area is 49.7 Å². The first-order chi connectivity index (χ1) is 3.93. The summed E-state index contributed by atoms with van der Waals surface area (Å²) in [5.41, 5.74) is 0. The molecule has 0 bridgehead atoms. The topological polar surface area (TPSA) is 16.4 Å². The van der Waals surface area contributed by atoms with Crippen LogP contribution in [-0.2, 0) is 0 Å². The van der Waals surface area contributed by atoms with Gasteiger partial charge in [0.15, 0.2) is 0 Å². The van der Waals surface area contributed by atoms with Gasteiger partial charge >= 0.3 is 0 Å². The van der Waals surface area contributed by atoms with Crippen LogP contribution in [0.1, 0.15) is 12.8 Å². The largest absolute Gasteiger partial charge is 0.316 e. The molecule has 1 aliphatic rings. The fraction of sp³-hybridized carbons (Fsp3) is 0.833. The SMILES string of the molecule is [C-]#[N+]C1CCNCC1. The molecule has 0 unspecified atom stereocenters. The molecule has 1 aliphatic heterocycles. The molecule has 0 aromatic carbocycles. The lowest BCUT2D eigenvalue weighted by atomic mass is 10.1. The number of hydrogen-bond donors (Lipinski definition) is 1. The third kappa shape index (κ3) is 1.21. The van der Waals surface area contributed by atoms with Crippen molar-refractivity contribution in [1.29, 1.82) is 0 Å². The van der Waals surface area contributed by atoms with Gasteiger partial charge in [0.2, 0.25) is 6.04 Å². The molecule has 44 valence electrons. The number of rotatable bonds is 0. The van der Waals surface area contributed by atoms with Crippen molar-refractivity contribution in [1.82, 2.24) is 5.32 Å². The third-order valence-corrected chi connectivity index (χ3v) is 1.49. The van der Waals surface area contributed by atoms with Crippen molar-refractivity contribution in [2.45, 2.75) is 18.9 Å². The lowest BCUT2D eigenvalue weighted by molar-refractivity contribution is 0.497. The molecule has 1 saturated heterocycles. The molecule has 0 radical (unpaired) electrons. The van der Waals surface area contributed by atoms with Crippen LogP contribution in [0.3, 0.4) is 0 Å². The predicted molar refractivity (Wildman–Crippen MR) is 32.5 cm³/mol. The Bertz CT molecular complexity index is 97.6. The fourth-order valence-corrected chi connectivity index (χ4v) is 0.936. The molecule has 0 saturated carbocycles. The molecule has 1 heterocycles. The quantitative estimate of drug-likeness (QED) is 0.453. The van der Waals surface area contributed by atoms with Gasteiger partial charge in [-0.2, -0.15) is 0 Å². The van der Waals surface area contributed by atoms with Crippen LogP contribution in [0.5, 0.6) is 0 Å². The average Bonchev–Trinajstić information content (AvgIpc) is 1.90. The molecule has 0 aromatic rings. The second kappa shape index (κ2) is 2.68. The van der Waals surface area contributed by atoms with Gasteiger partial charge in [0, 0.05) is 25.9 Å². The van der Waals surface area contributed by atoms with Gasteiger partial charge in [-0.1, -0.05) is 0 Å². The van der Waals surface area contributed by atoms with Crippen LogP contribution < -0.4 is 5.32 Å². The zero-order valence-corrected chi connectivity index (χ0v) is 4.85. The average molecular weight is 110 g/mol. The predicted octanol–water partition coefficient (Wildman–Crippen LogP) is 0.658. The van der Waals surface area contributed by atoms with E-state index in [1.165, 1.54) is 0 Å². The van der Waals surface area contributed by atoms with Crippen LogP contribution in [0.4, 0.5) is 0 Å². The molecule has 8 heavy (non-hydrogen) atoms. The smallest absolute Gasteiger partial charge is 0.226 e. The van der Waals surface area contributed by atoms with Gasteiger partial charge in [-0.15, -0.1) is 0 Å². The van der Waals surface area contributed by atoms with Crippen LogP contribution in [0, 0.1) is 6.57 Å². The van der Waals surface area contributed by atoms with Crippen molar-refractivity contribution in [3.63, 3.8) is 0 Å². The molecule has 0 atom stereocenters. The van der Waals surface area contributed by atoms with Gasteiger partial charge < -0.3 is 10.2 Å². The van der Waals surface area contributed by atoms with Gasteiger partial charge in [0.25, 0.3) is 0 Å². The highest BCUT2D eigenvalue weighted by molar-refractivity contribution is 4.82. The summed E-state index contributed by atoms with van der Waals surface area (Å²) in [5.74, 6) is 0. The highest BCUT2D eigenvalue weighted by Crippen LogP contribution is 2.05. The van der Waals surface area contributed by atoms with E-state index in [2.05, 4.69) is 10.2 Å². The molecule has 2 heteroatoms. The standard InChI is InChI=1S/C6H10N2/c1-7-6-2-4-8-5-3-6/h6,8H,2-5H2. The molecule has 1 rings (SSSR count). The maximum absolute atomic E-state index is 6.69. The van der Waals surface area contributed by atoms with Crippen LogP contribution in [0.25, 0.3) is 4.85 Å². The van der Waals surface area contributed by atoms with Crippen molar-refractivity contribution >= 4 is 0 Å². The van der Waals surface area contributed by atoms with E-state index in [4.69, 9.17) is 6.57 Å². The minimum absolute atomic E-state index is 0.316. The first-order valence-electron chi connectivity index (χ1n) is 3.01. The molecule has 1 fully saturated rings. The summed E-state index contributed by atoms with van der Waals surface area (Å²) >= 11 is 0. The highest BCUT2D eigenvalue weighted by Gasteiger charge is 2.14. The van der Waals surface area contributed by atoms with E-state index in [0.717, 1.165) is 25.9 Å². The summed E-state index contributed by atoms with van der Waals surface area (Å²) in [6, 6.07) is 0.316. The van der Waals surface area contributed by atoms with E-state index in [0.29, 0.717) is 6.04 Å². The Morgan fingerprint density at radius 3 is 2.38 bits per heavy atom. The second-order valence-electron chi connectivity index (χ2n) is 2.11. The van der Waals surface area contributed by atoms with Crippen molar-refractivity contribution in [2.75, 3.05) is 13.1 Å². The van der Waals surface area contributed by atoms with Gasteiger partial charge in [-0.05, 0) is 0 Å². The molecule has 2 nitrogen and oxygen atoms in total. The highest BCUT2D eigenvalue weighted by atomic mass is 14.9. The van der Waals surface area contributed by atoms with Gasteiger partial charge in [0.1, 0.15) is 0 Å². The molecule has 0 aliphatic carbocycles. The zero-order chi connectivity index (χ0) is 5.82. The Hall–Kier alpha value is -0.550. The number of nitrogens with one attached hydrogen (secondary N) is 1. The minimum atomic E-state index is 0.316. The van der Waals surface area contributed by atoms with Gasteiger partial charge in [-0.25, -0.2) is 6.57 Å². The van der Waals surface area contributed by atoms with E-state index >= 15 is 0 Å². The maximum Gasteiger partial charge on any atom is 0.226 e. The van der Waals surface area contributed by atoms with Crippen LogP contribution in [0.2, 0.25) is 0 Å². The summed E-state index contributed by atoms with van der Waals surface area (Å²) in [6.45, 7) is 8.76. The Kier molecular flexibility index (Phi) is 1.87. The van der Waals surface area contributed by atoms with Crippen LogP contribution >= 0.6 is 0 Å². The minimum Gasteiger partial charge on any atom is -0.316 e. The molecular formula is C6H10N2. The molecule has 0 spiro atoms. The second-order valence-corrected chi connectivity index (χ2v) is 2.11. The van der Waals surface area contributed by atoms with E-state index in [1.54, 1.807) is 0 Å². The monoisotopic (exact) mass is 110 g/mol. The Balaban J connectivity index is 2.25. The van der Waals surface area contributed by atoms with Crippen LogP contribution in [-0.4, -0.2) is 19.1 Å². The first kappa shape index (κ1) is 5.58. The summed E-state index contributed by atoms with van der Waals surface area (Å²) in [7, 11) is 0. The fourth-order valence-electron chi connectivity index (χ4n) is 0.936. The zero-order valence-electron chi connectivity index (χ0n) is 4.85. The summed E-state index contributed by atoms with van der Waals surface area (Å²) in [6.07, 6.45) is 2.09. The molecule has 0 amide bonds. The van der Waals surface area contributed by atoms with Gasteiger partial charge in [0.05, 0.1) is 0 Å². The van der Waals surface area contributed by atoms with E-state index in [1.807, 2.05) is 0 Å². The lowest BCUT2D eigenvalue weighted by Gasteiger charge is -2.11. The van der Waals surface area contributed by atoms with Crippen molar-refractivity contribution in [3.05, 3.63) is 11.4 Å². The van der Waals surface area contributed by atoms with Crippen molar-refractivity contribution in [2.24, 2.45) is 0 Å². The molecule has 0 aromatic heterocycles. The number of nitrogens with zero attached hydrogens (tertiary/aromatic N) is 1. The maximum atomic E-state index is 6.69. The Morgan fingerprint density at radius 2 is 2.00 bits per heavy atom. The lowest BCUT2D eigenvalue weighted by Crippen LogP contribution is -2.28. The Morgan fingerprint density at radius 1 is 1.38 bits per heavy atom. The molecule has 1 N–H and O–H groups in total. The van der Waals surface area contributed by atoms with E-state index in [9.17, 15) is 0 Å². The third-order valence-electron chi connectivity index (χ3n) is 1.49. The van der Waals surface area contributed by atoms with E-state index < -0.39 is 0 Å². The summed E-state index contributed by atoms with van der Waals surface area (Å²) in [5, 5.41) is 3.21. The van der Waals surface area contributed by atoms with Crippen molar-refractivity contribution < 1.29 is 0 Å². The van der Waals surface area contributed by atoms with Crippen molar-refractivity contribution in [3.8, 4) is 0 Å². The molecular weight excluding hydrogens is 100 g/mol. The van der Waals surface area contributed by atoms with E-state index in [-0.39, 0.29) is 0 Å². The van der Waals surface area contributed by atoms with Gasteiger partial charge in [-0.3, -0.25) is 0 Å². The first-order valence-corrected chi connectivity index (χ1v) is 3.01. The summed E-state index contributed by atoms with van der Waals surface area (Å²) in [4.78, 5) is 3.46. The summed E-state index contributed by atoms with van der Waals surface area (Å²) < 4.78 is 0.